The van der Waals surface area contributed by atoms with Gasteiger partial charge in [0.15, 0.2) is 0 Å². The molecule has 8 aromatic carbocycles. The average Bonchev–Trinajstić information content (AvgIpc) is 4.03. The number of anilines is 2. The lowest BCUT2D eigenvalue weighted by Gasteiger charge is -2.48. The maximum atomic E-state index is 3.98. The molecular weight excluding hydrogens is 751 g/mol. The van der Waals surface area contributed by atoms with E-state index < -0.39 is 5.66 Å². The Labute approximate surface area is 365 Å². The molecule has 0 saturated carbocycles. The van der Waals surface area contributed by atoms with Gasteiger partial charge in [-0.25, -0.2) is 0 Å². The predicted molar refractivity (Wildman–Crippen MR) is 257 cm³/mol. The van der Waals surface area contributed by atoms with E-state index >= 15 is 0 Å². The summed E-state index contributed by atoms with van der Waals surface area (Å²) in [7, 11) is 0. The molecule has 0 bridgehead atoms. The molecule has 11 rings (SSSR count). The van der Waals surface area contributed by atoms with E-state index in [4.69, 9.17) is 0 Å². The van der Waals surface area contributed by atoms with E-state index in [1.165, 1.54) is 66.8 Å². The van der Waals surface area contributed by atoms with E-state index in [0.29, 0.717) is 0 Å². The first-order valence-electron chi connectivity index (χ1n) is 21.9. The first kappa shape index (κ1) is 37.9. The Morgan fingerprint density at radius 3 is 1.82 bits per heavy atom. The lowest BCUT2D eigenvalue weighted by atomic mass is 9.53. The SMILES string of the molecule is C[C@@]12CC(c3ccccc3Nc3cccc([C@@]4(NCc5ccc(-c6ccccc6)cc5)NC4c4ccccc4)c3)=CC=C1c1ccccc1C2(c1ccccc1)c1ccccc1. The molecule has 3 aliphatic rings. The maximum Gasteiger partial charge on any atom is 0.116 e. The third-order valence-corrected chi connectivity index (χ3v) is 13.8. The summed E-state index contributed by atoms with van der Waals surface area (Å²) in [6.07, 6.45) is 5.66. The van der Waals surface area contributed by atoms with Gasteiger partial charge in [0.1, 0.15) is 5.66 Å². The third-order valence-electron chi connectivity index (χ3n) is 13.8. The second-order valence-electron chi connectivity index (χ2n) is 17.3. The van der Waals surface area contributed by atoms with Gasteiger partial charge in [-0.3, -0.25) is 10.6 Å². The Balaban J connectivity index is 0.926. The summed E-state index contributed by atoms with van der Waals surface area (Å²) in [4.78, 5) is 0. The smallest absolute Gasteiger partial charge is 0.116 e. The van der Waals surface area contributed by atoms with Crippen LogP contribution >= 0.6 is 0 Å². The molecule has 0 aromatic heterocycles. The summed E-state index contributed by atoms with van der Waals surface area (Å²) in [5.74, 6) is 0. The van der Waals surface area contributed by atoms with Gasteiger partial charge in [-0.2, -0.15) is 0 Å². The lowest BCUT2D eigenvalue weighted by molar-refractivity contribution is 0.326. The number of allylic oxidation sites excluding steroid dienone is 4. The van der Waals surface area contributed by atoms with E-state index in [1.807, 2.05) is 0 Å². The Morgan fingerprint density at radius 1 is 0.532 bits per heavy atom. The number of rotatable bonds is 11. The second-order valence-corrected chi connectivity index (χ2v) is 17.3. The molecule has 0 amide bonds. The highest BCUT2D eigenvalue weighted by Crippen LogP contribution is 2.68. The summed E-state index contributed by atoms with van der Waals surface area (Å²) < 4.78 is 0. The quantitative estimate of drug-likeness (QED) is 0.114. The van der Waals surface area contributed by atoms with Crippen LogP contribution < -0.4 is 16.0 Å². The molecule has 1 aliphatic heterocycles. The summed E-state index contributed by atoms with van der Waals surface area (Å²) in [5.41, 5.74) is 16.6. The zero-order chi connectivity index (χ0) is 41.6. The van der Waals surface area contributed by atoms with Crippen molar-refractivity contribution in [3.05, 3.63) is 275 Å². The summed E-state index contributed by atoms with van der Waals surface area (Å²) in [6, 6.07) is 79.7. The van der Waals surface area contributed by atoms with Crippen LogP contribution in [0.15, 0.2) is 231 Å². The van der Waals surface area contributed by atoms with Crippen LogP contribution in [-0.2, 0) is 17.6 Å². The molecule has 1 unspecified atom stereocenters. The van der Waals surface area contributed by atoms with Crippen LogP contribution in [0.5, 0.6) is 0 Å². The minimum absolute atomic E-state index is 0.133. The molecule has 1 saturated heterocycles. The Hall–Kier alpha value is -7.04. The van der Waals surface area contributed by atoms with Crippen molar-refractivity contribution in [3.63, 3.8) is 0 Å². The van der Waals surface area contributed by atoms with Crippen molar-refractivity contribution in [2.45, 2.75) is 37.0 Å². The first-order chi connectivity index (χ1) is 30.6. The van der Waals surface area contributed by atoms with Gasteiger partial charge >= 0.3 is 0 Å². The fourth-order valence-electron chi connectivity index (χ4n) is 10.9. The molecule has 62 heavy (non-hydrogen) atoms. The third kappa shape index (κ3) is 6.27. The second kappa shape index (κ2) is 15.5. The molecule has 300 valence electrons. The summed E-state index contributed by atoms with van der Waals surface area (Å²) in [5, 5.41) is 11.8. The zero-order valence-corrected chi connectivity index (χ0v) is 34.9. The minimum Gasteiger partial charge on any atom is -0.355 e. The molecule has 3 N–H and O–H groups in total. The molecule has 1 fully saturated rings. The standard InChI is InChI=1S/C59H49N3/c1-57-40-46(37-38-53(57)52-30-14-16-31-54(52)58(57,47-23-10-4-11-24-47)48-25-12-5-13-26-48)51-29-15-17-32-55(51)61-50-28-18-27-49(39-50)59(56(62-59)45-21-8-3-9-22-45)60-41-42-33-35-44(36-34-42)43-19-6-2-7-20-43/h2-39,56,60-62H,40-41H2,1H3/t56?,57-,59-/m1/s1. The van der Waals surface area contributed by atoms with Gasteiger partial charge in [-0.05, 0) is 85.8 Å². The molecule has 0 spiro atoms. The number of para-hydroxylation sites is 1. The molecule has 3 heteroatoms. The van der Waals surface area contributed by atoms with Crippen molar-refractivity contribution in [2.24, 2.45) is 5.41 Å². The lowest BCUT2D eigenvalue weighted by Crippen LogP contribution is -2.43. The van der Waals surface area contributed by atoms with Crippen molar-refractivity contribution in [2.75, 3.05) is 5.32 Å². The first-order valence-corrected chi connectivity index (χ1v) is 21.9. The van der Waals surface area contributed by atoms with Crippen LogP contribution in [-0.4, -0.2) is 0 Å². The van der Waals surface area contributed by atoms with Crippen molar-refractivity contribution in [1.29, 1.82) is 0 Å². The summed E-state index contributed by atoms with van der Waals surface area (Å²) >= 11 is 0. The minimum atomic E-state index is -0.423. The van der Waals surface area contributed by atoms with Crippen molar-refractivity contribution >= 4 is 22.5 Å². The Bertz CT molecular complexity index is 2900. The fraction of sp³-hybridized carbons (Fsp3) is 0.119. The van der Waals surface area contributed by atoms with E-state index in [0.717, 1.165) is 24.3 Å². The Morgan fingerprint density at radius 2 is 1.11 bits per heavy atom. The number of fused-ring (bicyclic) bond motifs is 3. The molecule has 1 heterocycles. The Kier molecular flexibility index (Phi) is 9.45. The van der Waals surface area contributed by atoms with Crippen LogP contribution in [0.3, 0.4) is 0 Å². The predicted octanol–water partition coefficient (Wildman–Crippen LogP) is 13.6. The highest BCUT2D eigenvalue weighted by molar-refractivity contribution is 5.92. The van der Waals surface area contributed by atoms with Gasteiger partial charge in [-0.1, -0.05) is 219 Å². The number of hydrogen-bond donors (Lipinski definition) is 3. The van der Waals surface area contributed by atoms with Crippen molar-refractivity contribution < 1.29 is 0 Å². The van der Waals surface area contributed by atoms with Crippen LogP contribution in [0.25, 0.3) is 22.3 Å². The molecule has 3 nitrogen and oxygen atoms in total. The summed E-state index contributed by atoms with van der Waals surface area (Å²) in [6.45, 7) is 3.23. The van der Waals surface area contributed by atoms with Gasteiger partial charge < -0.3 is 5.32 Å². The molecule has 3 atom stereocenters. The number of hydrogen-bond acceptors (Lipinski definition) is 3. The van der Waals surface area contributed by atoms with Gasteiger partial charge in [0.05, 0.1) is 11.5 Å². The fourth-order valence-corrected chi connectivity index (χ4v) is 10.9. The van der Waals surface area contributed by atoms with E-state index in [1.54, 1.807) is 0 Å². The monoisotopic (exact) mass is 799 g/mol. The van der Waals surface area contributed by atoms with Gasteiger partial charge in [0.2, 0.25) is 0 Å². The highest BCUT2D eigenvalue weighted by Gasteiger charge is 2.60. The molecule has 0 radical (unpaired) electrons. The van der Waals surface area contributed by atoms with E-state index in [2.05, 4.69) is 253 Å². The maximum absolute atomic E-state index is 3.98. The normalized spacial score (nSPS) is 20.6. The van der Waals surface area contributed by atoms with Crippen LogP contribution in [0, 0.1) is 5.41 Å². The van der Waals surface area contributed by atoms with Crippen LogP contribution in [0.1, 0.15) is 63.9 Å². The average molecular weight is 800 g/mol. The highest BCUT2D eigenvalue weighted by atomic mass is 15.4. The van der Waals surface area contributed by atoms with Crippen LogP contribution in [0.2, 0.25) is 0 Å². The molecule has 2 aliphatic carbocycles. The topological polar surface area (TPSA) is 46.0 Å². The van der Waals surface area contributed by atoms with Crippen molar-refractivity contribution in [3.8, 4) is 11.1 Å². The van der Waals surface area contributed by atoms with Crippen LogP contribution in [0.4, 0.5) is 11.4 Å². The van der Waals surface area contributed by atoms with E-state index in [9.17, 15) is 0 Å². The van der Waals surface area contributed by atoms with Gasteiger partial charge in [0.25, 0.3) is 0 Å². The molecular formula is C59H49N3. The number of nitrogens with one attached hydrogen (secondary N) is 3. The van der Waals surface area contributed by atoms with Gasteiger partial charge in [-0.15, -0.1) is 0 Å². The van der Waals surface area contributed by atoms with E-state index in [-0.39, 0.29) is 16.9 Å². The zero-order valence-electron chi connectivity index (χ0n) is 34.9. The van der Waals surface area contributed by atoms with Crippen molar-refractivity contribution in [1.82, 2.24) is 10.6 Å². The number of benzene rings is 8. The largest absolute Gasteiger partial charge is 0.355 e. The van der Waals surface area contributed by atoms with Gasteiger partial charge in [0, 0.05) is 28.9 Å². The molecule has 8 aromatic rings.